The zero-order valence-corrected chi connectivity index (χ0v) is 22.1. The molecule has 1 aliphatic heterocycles. The van der Waals surface area contributed by atoms with Crippen molar-refractivity contribution in [2.24, 2.45) is 5.41 Å². The van der Waals surface area contributed by atoms with Crippen LogP contribution in [0.5, 0.6) is 0 Å². The smallest absolute Gasteiger partial charge is 0.192 e. The third-order valence-electron chi connectivity index (χ3n) is 8.47. The molecule has 0 bridgehead atoms. The maximum atomic E-state index is 12.5. The van der Waals surface area contributed by atoms with Gasteiger partial charge < -0.3 is 9.16 Å². The van der Waals surface area contributed by atoms with E-state index >= 15 is 0 Å². The van der Waals surface area contributed by atoms with Gasteiger partial charge in [-0.2, -0.15) is 0 Å². The lowest BCUT2D eigenvalue weighted by Gasteiger charge is -2.51. The second-order valence-corrected chi connectivity index (χ2v) is 16.8. The molecular formula is C27H41NO3Si. The van der Waals surface area contributed by atoms with E-state index in [1.165, 1.54) is 36.1 Å². The minimum atomic E-state index is -2.01. The van der Waals surface area contributed by atoms with Gasteiger partial charge in [-0.1, -0.05) is 47.1 Å². The molecule has 1 fully saturated rings. The van der Waals surface area contributed by atoms with E-state index in [-0.39, 0.29) is 17.1 Å². The Balaban J connectivity index is 1.94. The molecule has 3 aliphatic rings. The van der Waals surface area contributed by atoms with Gasteiger partial charge in [0, 0.05) is 16.8 Å². The number of carbonyl (C=O) groups excluding carboxylic acids is 1. The molecule has 1 atom stereocenters. The molecule has 32 heavy (non-hydrogen) atoms. The fourth-order valence-corrected chi connectivity index (χ4v) is 6.70. The first-order valence-corrected chi connectivity index (χ1v) is 15.4. The fourth-order valence-electron chi connectivity index (χ4n) is 5.44. The van der Waals surface area contributed by atoms with Crippen LogP contribution in [-0.2, 0) is 15.6 Å². The molecule has 0 unspecified atom stereocenters. The minimum absolute atomic E-state index is 0.0195. The highest BCUT2D eigenvalue weighted by molar-refractivity contribution is 6.74. The van der Waals surface area contributed by atoms with Crippen molar-refractivity contribution in [2.75, 3.05) is 13.2 Å². The lowest BCUT2D eigenvalue weighted by molar-refractivity contribution is 0.0298. The highest BCUT2D eigenvalue weighted by Gasteiger charge is 2.49. The number of fused-ring (bicyclic) bond motifs is 1. The number of aldehydes is 1. The number of hydrogen-bond donors (Lipinski definition) is 0. The Morgan fingerprint density at radius 2 is 2.00 bits per heavy atom. The van der Waals surface area contributed by atoms with Crippen molar-refractivity contribution in [3.05, 3.63) is 34.2 Å². The molecule has 5 heteroatoms. The predicted molar refractivity (Wildman–Crippen MR) is 133 cm³/mol. The van der Waals surface area contributed by atoms with Crippen molar-refractivity contribution in [1.29, 1.82) is 0 Å². The summed E-state index contributed by atoms with van der Waals surface area (Å²) in [6, 6.07) is 0. The Morgan fingerprint density at radius 3 is 2.50 bits per heavy atom. The summed E-state index contributed by atoms with van der Waals surface area (Å²) in [5.74, 6) is 0.207. The van der Waals surface area contributed by atoms with Crippen LogP contribution in [0.4, 0.5) is 0 Å². The molecule has 1 aromatic heterocycles. The van der Waals surface area contributed by atoms with E-state index in [2.05, 4.69) is 53.8 Å². The van der Waals surface area contributed by atoms with Crippen molar-refractivity contribution in [3.63, 3.8) is 0 Å². The quantitative estimate of drug-likeness (QED) is 0.354. The molecule has 2 heterocycles. The van der Waals surface area contributed by atoms with Crippen molar-refractivity contribution in [1.82, 2.24) is 4.98 Å². The van der Waals surface area contributed by atoms with Crippen LogP contribution in [0.3, 0.4) is 0 Å². The Labute approximate surface area is 195 Å². The lowest BCUT2D eigenvalue weighted by atomic mass is 9.59. The van der Waals surface area contributed by atoms with Crippen LogP contribution in [-0.4, -0.2) is 32.8 Å². The van der Waals surface area contributed by atoms with Crippen LogP contribution in [0, 0.1) is 5.41 Å². The normalized spacial score (nSPS) is 23.0. The summed E-state index contributed by atoms with van der Waals surface area (Å²) < 4.78 is 12.8. The maximum Gasteiger partial charge on any atom is 0.192 e. The van der Waals surface area contributed by atoms with Gasteiger partial charge in [-0.25, -0.2) is 0 Å². The standard InChI is InChI=1S/C27H41NO3Si/c1-18(2)25-20(17-29)23(19-9-13-30-14-10-19)24-21(28-25)15-27(11-8-12-27)16-22(24)31-32(6,7)26(3,4)5/h9,17-18,22H,8,10-16H2,1-7H3/t22-/m0/s1. The molecule has 4 rings (SSSR count). The van der Waals surface area contributed by atoms with Crippen molar-refractivity contribution in [3.8, 4) is 0 Å². The van der Waals surface area contributed by atoms with Gasteiger partial charge in [0.25, 0.3) is 0 Å². The molecule has 0 amide bonds. The number of ether oxygens (including phenoxy) is 1. The Kier molecular flexibility index (Phi) is 6.32. The van der Waals surface area contributed by atoms with E-state index in [1.807, 2.05) is 0 Å². The maximum absolute atomic E-state index is 12.5. The molecule has 0 aromatic carbocycles. The minimum Gasteiger partial charge on any atom is -0.410 e. The summed E-state index contributed by atoms with van der Waals surface area (Å²) in [7, 11) is -2.01. The molecule has 1 aromatic rings. The van der Waals surface area contributed by atoms with Gasteiger partial charge in [0.2, 0.25) is 0 Å². The number of nitrogens with zero attached hydrogens (tertiary/aromatic N) is 1. The molecule has 2 aliphatic carbocycles. The van der Waals surface area contributed by atoms with E-state index in [0.717, 1.165) is 42.4 Å². The van der Waals surface area contributed by atoms with Crippen LogP contribution in [0.25, 0.3) is 5.57 Å². The third-order valence-corrected chi connectivity index (χ3v) is 13.0. The van der Waals surface area contributed by atoms with Gasteiger partial charge >= 0.3 is 0 Å². The predicted octanol–water partition coefficient (Wildman–Crippen LogP) is 7.00. The first-order valence-electron chi connectivity index (χ1n) is 12.4. The molecule has 176 valence electrons. The average molecular weight is 456 g/mol. The number of rotatable bonds is 5. The van der Waals surface area contributed by atoms with Crippen LogP contribution < -0.4 is 0 Å². The highest BCUT2D eigenvalue weighted by atomic mass is 28.4. The van der Waals surface area contributed by atoms with Crippen LogP contribution >= 0.6 is 0 Å². The third kappa shape index (κ3) is 4.17. The van der Waals surface area contributed by atoms with Gasteiger partial charge in [-0.15, -0.1) is 0 Å². The molecule has 1 spiro atoms. The number of pyridine rings is 1. The van der Waals surface area contributed by atoms with E-state index < -0.39 is 8.32 Å². The Hall–Kier alpha value is -1.30. The number of aromatic nitrogens is 1. The van der Waals surface area contributed by atoms with E-state index in [4.69, 9.17) is 14.1 Å². The number of carbonyl (C=O) groups is 1. The molecule has 4 nitrogen and oxygen atoms in total. The zero-order chi connectivity index (χ0) is 23.3. The Morgan fingerprint density at radius 1 is 1.28 bits per heavy atom. The monoisotopic (exact) mass is 455 g/mol. The van der Waals surface area contributed by atoms with Crippen LogP contribution in [0.1, 0.15) is 112 Å². The second-order valence-electron chi connectivity index (χ2n) is 12.1. The lowest BCUT2D eigenvalue weighted by Crippen LogP contribution is -2.46. The van der Waals surface area contributed by atoms with Crippen molar-refractivity contribution < 1.29 is 14.0 Å². The van der Waals surface area contributed by atoms with Gasteiger partial charge in [-0.3, -0.25) is 9.78 Å². The molecular weight excluding hydrogens is 414 g/mol. The fraction of sp³-hybridized carbons (Fsp3) is 0.704. The summed E-state index contributed by atoms with van der Waals surface area (Å²) in [5.41, 5.74) is 6.82. The molecule has 0 N–H and O–H groups in total. The van der Waals surface area contributed by atoms with Crippen molar-refractivity contribution in [2.45, 2.75) is 103 Å². The number of hydrogen-bond acceptors (Lipinski definition) is 4. The van der Waals surface area contributed by atoms with Gasteiger partial charge in [0.1, 0.15) is 0 Å². The first kappa shape index (κ1) is 23.8. The SMILES string of the molecule is CC(C)c1nc2c(c(C3=CCOCC3)c1C=O)[C@@H](O[Si](C)(C)C(C)(C)C)CC1(CCC1)C2. The largest absolute Gasteiger partial charge is 0.410 e. The van der Waals surface area contributed by atoms with E-state index in [1.54, 1.807) is 0 Å². The highest BCUT2D eigenvalue weighted by Crippen LogP contribution is 2.57. The summed E-state index contributed by atoms with van der Waals surface area (Å²) in [4.78, 5) is 17.7. The molecule has 0 radical (unpaired) electrons. The zero-order valence-electron chi connectivity index (χ0n) is 21.1. The molecule has 1 saturated carbocycles. The van der Waals surface area contributed by atoms with Gasteiger partial charge in [0.15, 0.2) is 14.6 Å². The van der Waals surface area contributed by atoms with Crippen LogP contribution in [0.15, 0.2) is 6.08 Å². The summed E-state index contributed by atoms with van der Waals surface area (Å²) >= 11 is 0. The van der Waals surface area contributed by atoms with Gasteiger partial charge in [-0.05, 0) is 72.7 Å². The topological polar surface area (TPSA) is 48.4 Å². The first-order chi connectivity index (χ1) is 15.0. The van der Waals surface area contributed by atoms with E-state index in [9.17, 15) is 4.79 Å². The molecule has 0 saturated heterocycles. The summed E-state index contributed by atoms with van der Waals surface area (Å²) in [6.07, 6.45) is 10.0. The summed E-state index contributed by atoms with van der Waals surface area (Å²) in [6.45, 7) is 17.2. The van der Waals surface area contributed by atoms with E-state index in [0.29, 0.717) is 18.6 Å². The van der Waals surface area contributed by atoms with Crippen LogP contribution in [0.2, 0.25) is 18.1 Å². The second kappa shape index (κ2) is 8.48. The summed E-state index contributed by atoms with van der Waals surface area (Å²) in [5, 5.41) is 0.133. The Bertz CT molecular complexity index is 922. The van der Waals surface area contributed by atoms with Gasteiger partial charge in [0.05, 0.1) is 25.0 Å². The average Bonchev–Trinajstić information content (AvgIpc) is 2.70. The van der Waals surface area contributed by atoms with Crippen molar-refractivity contribution >= 4 is 20.2 Å².